The first kappa shape index (κ1) is 60.5. The second-order valence-corrected chi connectivity index (χ2v) is 19.4. The quantitative estimate of drug-likeness (QED) is 0.0364. The maximum absolute atomic E-state index is 13.4. The molecule has 0 amide bonds. The van der Waals surface area contributed by atoms with Gasteiger partial charge >= 0.3 is 5.97 Å². The van der Waals surface area contributed by atoms with Crippen LogP contribution in [0, 0.1) is 5.41 Å². The highest BCUT2D eigenvalue weighted by Gasteiger charge is 2.50. The van der Waals surface area contributed by atoms with Crippen LogP contribution in [0.3, 0.4) is 0 Å². The number of nitrogens with zero attached hydrogens (tertiary/aromatic N) is 3. The Kier molecular flexibility index (Phi) is 28.7. The minimum absolute atomic E-state index is 0.114. The maximum atomic E-state index is 13.4. The predicted octanol–water partition coefficient (Wildman–Crippen LogP) is 4.34. The molecule has 3 heterocycles. The molecule has 20 nitrogen and oxygen atoms in total. The van der Waals surface area contributed by atoms with Crippen molar-refractivity contribution in [3.8, 4) is 11.5 Å². The normalized spacial score (nSPS) is 25.5. The number of carbonyl (C=O) groups is 1. The Balaban J connectivity index is 1.32. The van der Waals surface area contributed by atoms with Gasteiger partial charge in [0.15, 0.2) is 12.6 Å². The molecule has 2 aromatic rings. The third-order valence-electron chi connectivity index (χ3n) is 12.6. The molecule has 0 spiro atoms. The van der Waals surface area contributed by atoms with Gasteiger partial charge in [-0.1, -0.05) is 104 Å². The van der Waals surface area contributed by atoms with Gasteiger partial charge in [-0.3, -0.25) is 0 Å². The SMILES string of the molecule is CCCCCCCCOCC(C)(COCCCCCCN)COCc1cn(C[C@H]2O[C@H](O[C@@H]3OC(COC(=O)c4cc(OCCCCC)cc(OCCCCC)c4)[C@@H](O)C(O)C3O)C(O)C(O)[C@@H]2O)nn1. The van der Waals surface area contributed by atoms with Crippen molar-refractivity contribution in [2.75, 3.05) is 59.4 Å². The number of aliphatic hydroxyl groups excluding tert-OH is 6. The number of nitrogens with two attached hydrogens (primary N) is 1. The molecule has 71 heavy (non-hydrogen) atoms. The van der Waals surface area contributed by atoms with Crippen molar-refractivity contribution in [1.82, 2.24) is 15.0 Å². The van der Waals surface area contributed by atoms with E-state index in [0.717, 1.165) is 77.0 Å². The van der Waals surface area contributed by atoms with Crippen LogP contribution in [0.5, 0.6) is 11.5 Å². The molecule has 2 saturated heterocycles. The molecule has 1 aromatic carbocycles. The van der Waals surface area contributed by atoms with Crippen molar-refractivity contribution in [3.05, 3.63) is 35.7 Å². The monoisotopic (exact) mass is 1010 g/mol. The number of hydrogen-bond donors (Lipinski definition) is 7. The summed E-state index contributed by atoms with van der Waals surface area (Å²) in [5.41, 5.74) is 5.81. The van der Waals surface area contributed by atoms with Gasteiger partial charge in [-0.05, 0) is 50.8 Å². The fraction of sp³-hybridized carbons (Fsp3) is 0.824. The van der Waals surface area contributed by atoms with Gasteiger partial charge in [0, 0.05) is 24.7 Å². The third kappa shape index (κ3) is 21.4. The van der Waals surface area contributed by atoms with Crippen LogP contribution in [-0.4, -0.2) is 172 Å². The zero-order chi connectivity index (χ0) is 51.4. The van der Waals surface area contributed by atoms with Crippen LogP contribution in [0.1, 0.15) is 146 Å². The van der Waals surface area contributed by atoms with E-state index in [1.54, 1.807) is 12.3 Å². The number of aromatic nitrogens is 3. The van der Waals surface area contributed by atoms with Crippen molar-refractivity contribution < 1.29 is 78.1 Å². The molecule has 0 saturated carbocycles. The smallest absolute Gasteiger partial charge is 0.338 e. The van der Waals surface area contributed by atoms with Crippen molar-refractivity contribution in [1.29, 1.82) is 0 Å². The highest BCUT2D eigenvalue weighted by Crippen LogP contribution is 2.30. The van der Waals surface area contributed by atoms with Crippen LogP contribution in [0.15, 0.2) is 24.4 Å². The summed E-state index contributed by atoms with van der Waals surface area (Å²) in [6, 6.07) is 4.76. The van der Waals surface area contributed by atoms with E-state index in [-0.39, 0.29) is 18.7 Å². The van der Waals surface area contributed by atoms with Crippen LogP contribution in [0.2, 0.25) is 0 Å². The van der Waals surface area contributed by atoms with Gasteiger partial charge in [0.1, 0.15) is 72.6 Å². The van der Waals surface area contributed by atoms with Crippen LogP contribution < -0.4 is 15.2 Å². The van der Waals surface area contributed by atoms with Crippen molar-refractivity contribution in [2.24, 2.45) is 11.1 Å². The van der Waals surface area contributed by atoms with Crippen molar-refractivity contribution in [2.45, 2.75) is 205 Å². The van der Waals surface area contributed by atoms with Gasteiger partial charge in [0.05, 0.1) is 57.9 Å². The molecular weight excluding hydrogens is 925 g/mol. The number of rotatable bonds is 38. The summed E-state index contributed by atoms with van der Waals surface area (Å²) in [6.45, 7) is 12.0. The average Bonchev–Trinajstić information content (AvgIpc) is 3.81. The van der Waals surface area contributed by atoms with Gasteiger partial charge in [0.2, 0.25) is 0 Å². The van der Waals surface area contributed by atoms with Gasteiger partial charge in [-0.15, -0.1) is 5.10 Å². The fourth-order valence-corrected chi connectivity index (χ4v) is 8.19. The molecule has 4 rings (SSSR count). The number of hydrogen-bond acceptors (Lipinski definition) is 19. The van der Waals surface area contributed by atoms with E-state index in [2.05, 4.69) is 38.0 Å². The van der Waals surface area contributed by atoms with E-state index in [4.69, 9.17) is 48.4 Å². The molecule has 2 fully saturated rings. The second-order valence-electron chi connectivity index (χ2n) is 19.4. The fourth-order valence-electron chi connectivity index (χ4n) is 8.19. The predicted molar refractivity (Wildman–Crippen MR) is 262 cm³/mol. The molecule has 0 bridgehead atoms. The van der Waals surface area contributed by atoms with E-state index in [1.165, 1.54) is 42.5 Å². The first-order valence-corrected chi connectivity index (χ1v) is 26.3. The second kappa shape index (κ2) is 33.7. The lowest BCUT2D eigenvalue weighted by molar-refractivity contribution is -0.375. The molecular formula is C51H88N4O16. The molecule has 1 aromatic heterocycles. The Bertz CT molecular complexity index is 1700. The molecule has 6 unspecified atom stereocenters. The molecule has 0 aliphatic carbocycles. The summed E-state index contributed by atoms with van der Waals surface area (Å²) >= 11 is 0. The lowest BCUT2D eigenvalue weighted by atomic mass is 9.94. The summed E-state index contributed by atoms with van der Waals surface area (Å²) in [4.78, 5) is 13.4. The summed E-state index contributed by atoms with van der Waals surface area (Å²) in [7, 11) is 0. The third-order valence-corrected chi connectivity index (χ3v) is 12.6. The molecule has 0 radical (unpaired) electrons. The average molecular weight is 1010 g/mol. The lowest BCUT2D eigenvalue weighted by Crippen LogP contribution is -2.63. The standard InChI is InChI=1S/C51H88N4O16/c1-5-8-11-12-14-19-22-63-33-51(4,34-64-23-20-15-13-16-21-52)35-65-31-37-29-55(54-53-37)30-40-42(56)44(58)46(60)49(69-40)71-50-47(61)45(59)43(57)41(70-50)32-68-48(62)36-26-38(66-24-17-9-6-2)28-39(27-36)67-25-18-10-7-3/h26-29,40-47,49-50,56-61H,5-25,30-35,52H2,1-4H3/t40-,41?,42-,43-,44?,45?,46?,47?,49-,50+,51?/m1/s1. The Labute approximate surface area is 420 Å². The maximum Gasteiger partial charge on any atom is 0.338 e. The Morgan fingerprint density at radius 1 is 0.634 bits per heavy atom. The minimum atomic E-state index is -1.87. The van der Waals surface area contributed by atoms with E-state index >= 15 is 0 Å². The summed E-state index contributed by atoms with van der Waals surface area (Å²) in [5.74, 6) is 0.0542. The Hall–Kier alpha value is -3.09. The molecule has 11 atom stereocenters. The van der Waals surface area contributed by atoms with E-state index in [0.29, 0.717) is 70.0 Å². The van der Waals surface area contributed by atoms with Gasteiger partial charge < -0.3 is 79.0 Å². The van der Waals surface area contributed by atoms with Crippen LogP contribution in [-0.2, 0) is 46.3 Å². The first-order chi connectivity index (χ1) is 34.3. The number of esters is 1. The molecule has 20 heteroatoms. The molecule has 2 aliphatic heterocycles. The Morgan fingerprint density at radius 2 is 1.13 bits per heavy atom. The summed E-state index contributed by atoms with van der Waals surface area (Å²) in [6.07, 6.45) is 1.65. The van der Waals surface area contributed by atoms with Crippen molar-refractivity contribution in [3.63, 3.8) is 0 Å². The molecule has 408 valence electrons. The highest BCUT2D eigenvalue weighted by molar-refractivity contribution is 5.90. The zero-order valence-electron chi connectivity index (χ0n) is 42.9. The number of aliphatic hydroxyl groups is 6. The Morgan fingerprint density at radius 3 is 1.70 bits per heavy atom. The van der Waals surface area contributed by atoms with E-state index in [1.807, 2.05) is 0 Å². The number of carbonyl (C=O) groups excluding carboxylic acids is 1. The first-order valence-electron chi connectivity index (χ1n) is 26.3. The van der Waals surface area contributed by atoms with E-state index in [9.17, 15) is 35.4 Å². The number of unbranched alkanes of at least 4 members (excludes halogenated alkanes) is 12. The largest absolute Gasteiger partial charge is 0.493 e. The lowest BCUT2D eigenvalue weighted by Gasteiger charge is -2.44. The van der Waals surface area contributed by atoms with Gasteiger partial charge in [-0.2, -0.15) is 0 Å². The van der Waals surface area contributed by atoms with E-state index < -0.39 is 79.4 Å². The highest BCUT2D eigenvalue weighted by atomic mass is 16.8. The van der Waals surface area contributed by atoms with Gasteiger partial charge in [-0.25, -0.2) is 9.48 Å². The molecule has 2 aliphatic rings. The zero-order valence-corrected chi connectivity index (χ0v) is 42.9. The summed E-state index contributed by atoms with van der Waals surface area (Å²) in [5, 5.41) is 73.7. The molecule has 8 N–H and O–H groups in total. The van der Waals surface area contributed by atoms with Crippen LogP contribution in [0.4, 0.5) is 0 Å². The number of ether oxygens (including phenoxy) is 9. The summed E-state index contributed by atoms with van der Waals surface area (Å²) < 4.78 is 54.5. The van der Waals surface area contributed by atoms with Crippen molar-refractivity contribution >= 4 is 5.97 Å². The van der Waals surface area contributed by atoms with Crippen LogP contribution >= 0.6 is 0 Å². The minimum Gasteiger partial charge on any atom is -0.493 e. The topological polar surface area (TPSA) is 278 Å². The number of benzene rings is 1. The van der Waals surface area contributed by atoms with Crippen LogP contribution in [0.25, 0.3) is 0 Å². The van der Waals surface area contributed by atoms with Gasteiger partial charge in [0.25, 0.3) is 0 Å².